The fourth-order valence-corrected chi connectivity index (χ4v) is 3.84. The van der Waals surface area contributed by atoms with Gasteiger partial charge in [0.25, 0.3) is 0 Å². The third-order valence-electron chi connectivity index (χ3n) is 4.22. The summed E-state index contributed by atoms with van der Waals surface area (Å²) in [5.41, 5.74) is 0. The molecule has 0 aromatic rings. The van der Waals surface area contributed by atoms with Crippen molar-refractivity contribution in [1.29, 1.82) is 0 Å². The van der Waals surface area contributed by atoms with Crippen LogP contribution in [0.15, 0.2) is 0 Å². The van der Waals surface area contributed by atoms with E-state index in [1.165, 1.54) is 57.9 Å². The van der Waals surface area contributed by atoms with Crippen molar-refractivity contribution in [2.24, 2.45) is 5.92 Å². The van der Waals surface area contributed by atoms with E-state index < -0.39 is 0 Å². The summed E-state index contributed by atoms with van der Waals surface area (Å²) in [5.74, 6) is 0.902. The van der Waals surface area contributed by atoms with Gasteiger partial charge in [-0.15, -0.1) is 0 Å². The first-order valence-electron chi connectivity index (χ1n) is 7.57. The molecule has 0 radical (unpaired) electrons. The van der Waals surface area contributed by atoms with Gasteiger partial charge in [0, 0.05) is 11.3 Å². The Bertz CT molecular complexity index is 184. The highest BCUT2D eigenvalue weighted by molar-refractivity contribution is 7.99. The Hall–Kier alpha value is 0.310. The smallest absolute Gasteiger partial charge is 0.0198 e. The summed E-state index contributed by atoms with van der Waals surface area (Å²) in [6.45, 7) is 5.89. The molecule has 1 saturated carbocycles. The van der Waals surface area contributed by atoms with Gasteiger partial charge in [0.15, 0.2) is 0 Å². The quantitative estimate of drug-likeness (QED) is 0.688. The van der Waals surface area contributed by atoms with E-state index in [9.17, 15) is 0 Å². The van der Waals surface area contributed by atoms with E-state index in [0.29, 0.717) is 0 Å². The molecule has 0 amide bonds. The van der Waals surface area contributed by atoms with Gasteiger partial charge in [-0.3, -0.25) is 0 Å². The Kier molecular flexibility index (Phi) is 8.38. The molecule has 0 spiro atoms. The summed E-state index contributed by atoms with van der Waals surface area (Å²) in [6, 6.07) is 0.787. The van der Waals surface area contributed by atoms with Crippen LogP contribution in [-0.2, 0) is 0 Å². The summed E-state index contributed by atoms with van der Waals surface area (Å²) in [6.07, 6.45) is 13.5. The summed E-state index contributed by atoms with van der Waals surface area (Å²) in [4.78, 5) is 0. The highest BCUT2D eigenvalue weighted by atomic mass is 32.2. The van der Waals surface area contributed by atoms with Crippen molar-refractivity contribution in [2.75, 3.05) is 12.8 Å². The lowest BCUT2D eigenvalue weighted by molar-refractivity contribution is 0.338. The van der Waals surface area contributed by atoms with Gasteiger partial charge in [-0.1, -0.05) is 46.0 Å². The summed E-state index contributed by atoms with van der Waals surface area (Å²) in [5, 5.41) is 4.73. The molecule has 1 nitrogen and oxygen atoms in total. The van der Waals surface area contributed by atoms with E-state index in [4.69, 9.17) is 0 Å². The summed E-state index contributed by atoms with van der Waals surface area (Å²) < 4.78 is 0. The molecule has 1 N–H and O–H groups in total. The second-order valence-corrected chi connectivity index (χ2v) is 6.57. The Morgan fingerprint density at radius 3 is 2.65 bits per heavy atom. The van der Waals surface area contributed by atoms with Gasteiger partial charge in [-0.05, 0) is 38.0 Å². The molecule has 0 saturated heterocycles. The standard InChI is InChI=1S/C15H31NS/c1-4-6-9-13(5-2)12-16-14-10-7-8-11-15(14)17-3/h13-16H,4-12H2,1-3H3. The molecule has 3 unspecified atom stereocenters. The van der Waals surface area contributed by atoms with Gasteiger partial charge in [-0.2, -0.15) is 11.8 Å². The number of hydrogen-bond donors (Lipinski definition) is 1. The van der Waals surface area contributed by atoms with Gasteiger partial charge in [-0.25, -0.2) is 0 Å². The molecule has 0 aromatic heterocycles. The monoisotopic (exact) mass is 257 g/mol. The van der Waals surface area contributed by atoms with E-state index in [1.54, 1.807) is 0 Å². The number of nitrogens with one attached hydrogen (secondary N) is 1. The van der Waals surface area contributed by atoms with Crippen LogP contribution in [0.25, 0.3) is 0 Å². The zero-order chi connectivity index (χ0) is 12.5. The number of rotatable bonds is 8. The Morgan fingerprint density at radius 1 is 1.24 bits per heavy atom. The predicted octanol–water partition coefficient (Wildman–Crippen LogP) is 4.47. The largest absolute Gasteiger partial charge is 0.313 e. The Balaban J connectivity index is 2.26. The normalized spacial score (nSPS) is 27.0. The molecule has 0 aromatic carbocycles. The van der Waals surface area contributed by atoms with Crippen molar-refractivity contribution in [1.82, 2.24) is 5.32 Å². The molecule has 1 aliphatic rings. The van der Waals surface area contributed by atoms with Crippen molar-refractivity contribution < 1.29 is 0 Å². The van der Waals surface area contributed by atoms with Crippen LogP contribution in [0.2, 0.25) is 0 Å². The summed E-state index contributed by atoms with van der Waals surface area (Å²) in [7, 11) is 0. The molecule has 0 heterocycles. The second-order valence-electron chi connectivity index (χ2n) is 5.49. The van der Waals surface area contributed by atoms with Gasteiger partial charge < -0.3 is 5.32 Å². The molecular weight excluding hydrogens is 226 g/mol. The van der Waals surface area contributed by atoms with Gasteiger partial charge in [0.1, 0.15) is 0 Å². The van der Waals surface area contributed by atoms with Crippen LogP contribution in [0.5, 0.6) is 0 Å². The summed E-state index contributed by atoms with van der Waals surface area (Å²) >= 11 is 2.07. The van der Waals surface area contributed by atoms with Crippen molar-refractivity contribution in [3.63, 3.8) is 0 Å². The number of hydrogen-bond acceptors (Lipinski definition) is 2. The van der Waals surface area contributed by atoms with Gasteiger partial charge >= 0.3 is 0 Å². The maximum atomic E-state index is 3.86. The van der Waals surface area contributed by atoms with E-state index in [0.717, 1.165) is 17.2 Å². The van der Waals surface area contributed by atoms with Crippen LogP contribution in [0, 0.1) is 5.92 Å². The highest BCUT2D eigenvalue weighted by Crippen LogP contribution is 2.27. The lowest BCUT2D eigenvalue weighted by Crippen LogP contribution is -2.42. The molecule has 3 atom stereocenters. The van der Waals surface area contributed by atoms with E-state index >= 15 is 0 Å². The predicted molar refractivity (Wildman–Crippen MR) is 80.9 cm³/mol. The lowest BCUT2D eigenvalue weighted by Gasteiger charge is -2.32. The SMILES string of the molecule is CCCCC(CC)CNC1CCCCC1SC. The van der Waals surface area contributed by atoms with E-state index in [-0.39, 0.29) is 0 Å². The third kappa shape index (κ3) is 5.65. The lowest BCUT2D eigenvalue weighted by atomic mass is 9.93. The minimum absolute atomic E-state index is 0.787. The van der Waals surface area contributed by atoms with Gasteiger partial charge in [0.05, 0.1) is 0 Å². The van der Waals surface area contributed by atoms with E-state index in [1.807, 2.05) is 0 Å². The molecule has 0 aliphatic heterocycles. The van der Waals surface area contributed by atoms with E-state index in [2.05, 4.69) is 37.2 Å². The zero-order valence-electron chi connectivity index (χ0n) is 12.0. The van der Waals surface area contributed by atoms with Crippen molar-refractivity contribution in [3.8, 4) is 0 Å². The first-order valence-corrected chi connectivity index (χ1v) is 8.86. The molecule has 17 heavy (non-hydrogen) atoms. The molecule has 1 fully saturated rings. The van der Waals surface area contributed by atoms with Crippen LogP contribution in [0.3, 0.4) is 0 Å². The van der Waals surface area contributed by atoms with Crippen molar-refractivity contribution in [3.05, 3.63) is 0 Å². The molecule has 1 aliphatic carbocycles. The first kappa shape index (κ1) is 15.4. The third-order valence-corrected chi connectivity index (χ3v) is 5.39. The topological polar surface area (TPSA) is 12.0 Å². The minimum Gasteiger partial charge on any atom is -0.313 e. The van der Waals surface area contributed by atoms with Crippen LogP contribution in [0.4, 0.5) is 0 Å². The van der Waals surface area contributed by atoms with Crippen molar-refractivity contribution in [2.45, 2.75) is 76.5 Å². The molecule has 0 bridgehead atoms. The zero-order valence-corrected chi connectivity index (χ0v) is 12.8. The first-order chi connectivity index (χ1) is 8.31. The van der Waals surface area contributed by atoms with Crippen LogP contribution < -0.4 is 5.32 Å². The molecule has 1 rings (SSSR count). The average molecular weight is 257 g/mol. The molecular formula is C15H31NS. The van der Waals surface area contributed by atoms with Crippen LogP contribution >= 0.6 is 11.8 Å². The van der Waals surface area contributed by atoms with Crippen LogP contribution in [-0.4, -0.2) is 24.1 Å². The Labute approximate surface area is 113 Å². The number of unbranched alkanes of at least 4 members (excludes halogenated alkanes) is 1. The average Bonchev–Trinajstić information content (AvgIpc) is 2.39. The fraction of sp³-hybridized carbons (Fsp3) is 1.00. The second kappa shape index (κ2) is 9.27. The molecule has 2 heteroatoms. The van der Waals surface area contributed by atoms with Gasteiger partial charge in [0.2, 0.25) is 0 Å². The van der Waals surface area contributed by atoms with Crippen molar-refractivity contribution >= 4 is 11.8 Å². The Morgan fingerprint density at radius 2 is 2.00 bits per heavy atom. The minimum atomic E-state index is 0.787. The molecule has 102 valence electrons. The highest BCUT2D eigenvalue weighted by Gasteiger charge is 2.24. The number of thioether (sulfide) groups is 1. The fourth-order valence-electron chi connectivity index (χ4n) is 2.87. The maximum Gasteiger partial charge on any atom is 0.0198 e. The maximum absolute atomic E-state index is 3.86. The van der Waals surface area contributed by atoms with Crippen LogP contribution in [0.1, 0.15) is 65.2 Å².